The Bertz CT molecular complexity index is 444. The zero-order chi connectivity index (χ0) is 13.7. The average Bonchev–Trinajstić information content (AvgIpc) is 2.46. The molecule has 1 heterocycles. The number of ether oxygens (including phenoxy) is 1. The van der Waals surface area contributed by atoms with Crippen molar-refractivity contribution in [1.29, 1.82) is 0 Å². The summed E-state index contributed by atoms with van der Waals surface area (Å²) in [5.41, 5.74) is -0.318. The van der Waals surface area contributed by atoms with Gasteiger partial charge in [-0.2, -0.15) is 0 Å². The van der Waals surface area contributed by atoms with E-state index in [-0.39, 0.29) is 17.6 Å². The molecule has 1 aromatic rings. The highest BCUT2D eigenvalue weighted by atomic mass is 19.1. The number of benzene rings is 1. The molecule has 1 fully saturated rings. The van der Waals surface area contributed by atoms with Crippen LogP contribution in [-0.2, 0) is 4.74 Å². The molecule has 0 aromatic heterocycles. The van der Waals surface area contributed by atoms with Gasteiger partial charge in [0.15, 0.2) is 0 Å². The van der Waals surface area contributed by atoms with Crippen LogP contribution in [-0.4, -0.2) is 37.4 Å². The number of halogens is 1. The fourth-order valence-electron chi connectivity index (χ4n) is 2.20. The lowest BCUT2D eigenvalue weighted by atomic mass is 9.81. The molecule has 104 valence electrons. The van der Waals surface area contributed by atoms with Crippen molar-refractivity contribution < 1.29 is 19.0 Å². The van der Waals surface area contributed by atoms with Crippen molar-refractivity contribution in [3.63, 3.8) is 0 Å². The van der Waals surface area contributed by atoms with Crippen LogP contribution in [0, 0.1) is 11.2 Å². The zero-order valence-corrected chi connectivity index (χ0v) is 10.7. The van der Waals surface area contributed by atoms with Crippen LogP contribution in [0.3, 0.4) is 0 Å². The molecule has 0 radical (unpaired) electrons. The van der Waals surface area contributed by atoms with E-state index in [2.05, 4.69) is 5.32 Å². The van der Waals surface area contributed by atoms with E-state index in [1.807, 2.05) is 0 Å². The van der Waals surface area contributed by atoms with E-state index in [1.54, 1.807) is 12.1 Å². The number of hydrogen-bond acceptors (Lipinski definition) is 3. The number of aliphatic hydroxyl groups is 1. The van der Waals surface area contributed by atoms with Gasteiger partial charge in [0.05, 0.1) is 12.2 Å². The Morgan fingerprint density at radius 2 is 2.05 bits per heavy atom. The summed E-state index contributed by atoms with van der Waals surface area (Å²) >= 11 is 0. The monoisotopic (exact) mass is 267 g/mol. The molecule has 1 aliphatic rings. The zero-order valence-electron chi connectivity index (χ0n) is 10.7. The predicted octanol–water partition coefficient (Wildman–Crippen LogP) is 1.34. The smallest absolute Gasteiger partial charge is 0.254 e. The van der Waals surface area contributed by atoms with Crippen molar-refractivity contribution in [1.82, 2.24) is 5.32 Å². The molecule has 0 bridgehead atoms. The third-order valence-electron chi connectivity index (χ3n) is 3.63. The molecule has 5 heteroatoms. The van der Waals surface area contributed by atoms with Gasteiger partial charge in [0.1, 0.15) is 5.82 Å². The topological polar surface area (TPSA) is 58.6 Å². The number of rotatable bonds is 4. The van der Waals surface area contributed by atoms with E-state index < -0.39 is 11.7 Å². The maximum absolute atomic E-state index is 13.5. The molecule has 1 amide bonds. The molecule has 1 aliphatic heterocycles. The molecule has 4 nitrogen and oxygen atoms in total. The van der Waals surface area contributed by atoms with Gasteiger partial charge in [-0.15, -0.1) is 0 Å². The minimum atomic E-state index is -0.537. The fraction of sp³-hybridized carbons (Fsp3) is 0.500. The number of aliphatic hydroxyl groups excluding tert-OH is 1. The summed E-state index contributed by atoms with van der Waals surface area (Å²) in [7, 11) is 0. The highest BCUT2D eigenvalue weighted by molar-refractivity contribution is 5.94. The first-order valence-corrected chi connectivity index (χ1v) is 6.38. The molecule has 1 aromatic carbocycles. The first-order valence-electron chi connectivity index (χ1n) is 6.38. The van der Waals surface area contributed by atoms with Crippen LogP contribution >= 0.6 is 0 Å². The number of hydrogen-bond donors (Lipinski definition) is 2. The quantitative estimate of drug-likeness (QED) is 0.865. The van der Waals surface area contributed by atoms with Gasteiger partial charge in [-0.05, 0) is 25.0 Å². The second-order valence-electron chi connectivity index (χ2n) is 4.93. The number of amides is 1. The highest BCUT2D eigenvalue weighted by Gasteiger charge is 2.32. The van der Waals surface area contributed by atoms with Crippen molar-refractivity contribution in [3.05, 3.63) is 35.6 Å². The predicted molar refractivity (Wildman–Crippen MR) is 68.3 cm³/mol. The summed E-state index contributed by atoms with van der Waals surface area (Å²) in [4.78, 5) is 11.9. The van der Waals surface area contributed by atoms with Crippen molar-refractivity contribution in [3.8, 4) is 0 Å². The lowest BCUT2D eigenvalue weighted by molar-refractivity contribution is -0.0146. The van der Waals surface area contributed by atoms with Gasteiger partial charge in [0, 0.05) is 25.2 Å². The number of carbonyl (C=O) groups excluding carboxylic acids is 1. The van der Waals surface area contributed by atoms with Crippen LogP contribution in [0.4, 0.5) is 4.39 Å². The van der Waals surface area contributed by atoms with Crippen LogP contribution in [0.15, 0.2) is 24.3 Å². The molecule has 0 spiro atoms. The van der Waals surface area contributed by atoms with Crippen LogP contribution in [0.2, 0.25) is 0 Å². The van der Waals surface area contributed by atoms with Crippen LogP contribution in [0.5, 0.6) is 0 Å². The molecule has 0 saturated carbocycles. The Kier molecular flexibility index (Phi) is 4.50. The second kappa shape index (κ2) is 6.12. The maximum atomic E-state index is 13.5. The Morgan fingerprint density at radius 1 is 1.37 bits per heavy atom. The van der Waals surface area contributed by atoms with E-state index >= 15 is 0 Å². The van der Waals surface area contributed by atoms with E-state index in [9.17, 15) is 14.3 Å². The summed E-state index contributed by atoms with van der Waals surface area (Å²) in [5, 5.41) is 12.2. The normalized spacial score (nSPS) is 18.0. The SMILES string of the molecule is O=C(NCC1(CO)CCOCC1)c1ccccc1F. The van der Waals surface area contributed by atoms with Gasteiger partial charge in [0.2, 0.25) is 0 Å². The van der Waals surface area contributed by atoms with Crippen LogP contribution in [0.25, 0.3) is 0 Å². The van der Waals surface area contributed by atoms with E-state index in [0.29, 0.717) is 32.6 Å². The first-order chi connectivity index (χ1) is 9.17. The lowest BCUT2D eigenvalue weighted by Gasteiger charge is -2.35. The third kappa shape index (κ3) is 3.30. The van der Waals surface area contributed by atoms with Crippen molar-refractivity contribution in [2.45, 2.75) is 12.8 Å². The Labute approximate surface area is 111 Å². The molecular formula is C14H18FNO3. The molecule has 1 saturated heterocycles. The van der Waals surface area contributed by atoms with Gasteiger partial charge in [-0.1, -0.05) is 12.1 Å². The first kappa shape index (κ1) is 14.0. The fourth-order valence-corrected chi connectivity index (χ4v) is 2.20. The lowest BCUT2D eigenvalue weighted by Crippen LogP contribution is -2.43. The van der Waals surface area contributed by atoms with Crippen molar-refractivity contribution >= 4 is 5.91 Å². The summed E-state index contributed by atoms with van der Waals surface area (Å²) in [6.07, 6.45) is 1.39. The third-order valence-corrected chi connectivity index (χ3v) is 3.63. The summed E-state index contributed by atoms with van der Waals surface area (Å²) in [6.45, 7) is 1.49. The van der Waals surface area contributed by atoms with Crippen LogP contribution in [0.1, 0.15) is 23.2 Å². The molecular weight excluding hydrogens is 249 g/mol. The van der Waals surface area contributed by atoms with Gasteiger partial charge in [0.25, 0.3) is 5.91 Å². The van der Waals surface area contributed by atoms with Crippen LogP contribution < -0.4 is 5.32 Å². The molecule has 2 N–H and O–H groups in total. The molecule has 0 aliphatic carbocycles. The molecule has 19 heavy (non-hydrogen) atoms. The highest BCUT2D eigenvalue weighted by Crippen LogP contribution is 2.29. The molecule has 0 unspecified atom stereocenters. The Morgan fingerprint density at radius 3 is 2.68 bits per heavy atom. The van der Waals surface area contributed by atoms with Gasteiger partial charge < -0.3 is 15.2 Å². The number of carbonyl (C=O) groups is 1. The number of nitrogens with one attached hydrogen (secondary N) is 1. The van der Waals surface area contributed by atoms with E-state index in [0.717, 1.165) is 0 Å². The Balaban J connectivity index is 1.98. The van der Waals surface area contributed by atoms with Gasteiger partial charge >= 0.3 is 0 Å². The van der Waals surface area contributed by atoms with Crippen molar-refractivity contribution in [2.75, 3.05) is 26.4 Å². The van der Waals surface area contributed by atoms with E-state index in [1.165, 1.54) is 12.1 Å². The standard InChI is InChI=1S/C14H18FNO3/c15-12-4-2-1-3-11(12)13(18)16-9-14(10-17)5-7-19-8-6-14/h1-4,17H,5-10H2,(H,16,18). The molecule has 2 rings (SSSR count). The average molecular weight is 267 g/mol. The minimum absolute atomic E-state index is 0.00604. The largest absolute Gasteiger partial charge is 0.396 e. The second-order valence-corrected chi connectivity index (χ2v) is 4.93. The minimum Gasteiger partial charge on any atom is -0.396 e. The van der Waals surface area contributed by atoms with Gasteiger partial charge in [-0.25, -0.2) is 4.39 Å². The summed E-state index contributed by atoms with van der Waals surface area (Å²) in [5.74, 6) is -0.984. The molecule has 0 atom stereocenters. The summed E-state index contributed by atoms with van der Waals surface area (Å²) < 4.78 is 18.7. The maximum Gasteiger partial charge on any atom is 0.254 e. The summed E-state index contributed by atoms with van der Waals surface area (Å²) in [6, 6.07) is 5.86. The Hall–Kier alpha value is -1.46. The van der Waals surface area contributed by atoms with Crippen molar-refractivity contribution in [2.24, 2.45) is 5.41 Å². The van der Waals surface area contributed by atoms with E-state index in [4.69, 9.17) is 4.74 Å². The van der Waals surface area contributed by atoms with Gasteiger partial charge in [-0.3, -0.25) is 4.79 Å².